The molecule has 166 valence electrons. The van der Waals surface area contributed by atoms with Crippen LogP contribution in [0.1, 0.15) is 38.9 Å². The highest BCUT2D eigenvalue weighted by molar-refractivity contribution is 5.97. The SMILES string of the molecule is Cc1cc(C(=O)Cn2cc([N+](=O)[O-])ccc2=O)c(C)n1C(c1ccccc1)c1ccccc1. The molecule has 0 atom stereocenters. The van der Waals surface area contributed by atoms with Gasteiger partial charge in [-0.05, 0) is 31.0 Å². The molecule has 0 amide bonds. The van der Waals surface area contributed by atoms with Gasteiger partial charge in [0.15, 0.2) is 5.78 Å². The molecule has 0 saturated carbocycles. The summed E-state index contributed by atoms with van der Waals surface area (Å²) in [5.41, 5.74) is 3.63. The molecule has 0 aliphatic rings. The Morgan fingerprint density at radius 1 is 0.939 bits per heavy atom. The number of carbonyl (C=O) groups is 1. The predicted molar refractivity (Wildman–Crippen MR) is 126 cm³/mol. The summed E-state index contributed by atoms with van der Waals surface area (Å²) in [5.74, 6) is -0.281. The van der Waals surface area contributed by atoms with E-state index in [0.717, 1.165) is 45.4 Å². The summed E-state index contributed by atoms with van der Waals surface area (Å²) in [6, 6.07) is 24.0. The summed E-state index contributed by atoms with van der Waals surface area (Å²) >= 11 is 0. The van der Waals surface area contributed by atoms with Gasteiger partial charge in [0.05, 0.1) is 23.7 Å². The lowest BCUT2D eigenvalue weighted by Crippen LogP contribution is -2.24. The number of carbonyl (C=O) groups excluding carboxylic acids is 1. The molecule has 33 heavy (non-hydrogen) atoms. The van der Waals surface area contributed by atoms with Gasteiger partial charge in [-0.15, -0.1) is 0 Å². The zero-order chi connectivity index (χ0) is 23.5. The van der Waals surface area contributed by atoms with Gasteiger partial charge in [0.2, 0.25) is 0 Å². The first-order valence-electron chi connectivity index (χ1n) is 10.5. The Bertz CT molecular complexity index is 1330. The van der Waals surface area contributed by atoms with E-state index in [2.05, 4.69) is 28.8 Å². The third-order valence-electron chi connectivity index (χ3n) is 5.77. The number of hydrogen-bond acceptors (Lipinski definition) is 4. The molecule has 0 spiro atoms. The quantitative estimate of drug-likeness (QED) is 0.236. The summed E-state index contributed by atoms with van der Waals surface area (Å²) in [4.78, 5) is 35.8. The molecule has 0 fully saturated rings. The van der Waals surface area contributed by atoms with Gasteiger partial charge in [-0.25, -0.2) is 0 Å². The maximum atomic E-state index is 13.2. The van der Waals surface area contributed by atoms with Gasteiger partial charge in [-0.2, -0.15) is 0 Å². The van der Waals surface area contributed by atoms with Gasteiger partial charge < -0.3 is 9.13 Å². The highest BCUT2D eigenvalue weighted by Crippen LogP contribution is 2.31. The van der Waals surface area contributed by atoms with Crippen LogP contribution in [0.5, 0.6) is 0 Å². The Labute approximate surface area is 190 Å². The zero-order valence-corrected chi connectivity index (χ0v) is 18.3. The number of rotatable bonds is 7. The van der Waals surface area contributed by atoms with Crippen LogP contribution in [0.2, 0.25) is 0 Å². The highest BCUT2D eigenvalue weighted by atomic mass is 16.6. The van der Waals surface area contributed by atoms with E-state index in [1.54, 1.807) is 0 Å². The summed E-state index contributed by atoms with van der Waals surface area (Å²) in [7, 11) is 0. The van der Waals surface area contributed by atoms with Gasteiger partial charge in [-0.3, -0.25) is 19.7 Å². The molecule has 0 unspecified atom stereocenters. The summed E-state index contributed by atoms with van der Waals surface area (Å²) < 4.78 is 3.20. The van der Waals surface area contributed by atoms with E-state index in [4.69, 9.17) is 0 Å². The van der Waals surface area contributed by atoms with Crippen LogP contribution < -0.4 is 5.56 Å². The van der Waals surface area contributed by atoms with Crippen molar-refractivity contribution in [3.8, 4) is 0 Å². The standard InChI is InChI=1S/C26H23N3O4/c1-18-15-23(24(30)17-27-16-22(29(32)33)13-14-25(27)31)19(2)28(18)26(20-9-5-3-6-10-20)21-11-7-4-8-12-21/h3-16,26H,17H2,1-2H3. The Morgan fingerprint density at radius 2 is 1.52 bits per heavy atom. The molecule has 0 aliphatic carbocycles. The number of aromatic nitrogens is 2. The van der Waals surface area contributed by atoms with Crippen molar-refractivity contribution in [2.75, 3.05) is 0 Å². The normalized spacial score (nSPS) is 11.0. The van der Waals surface area contributed by atoms with Crippen LogP contribution in [0.25, 0.3) is 0 Å². The summed E-state index contributed by atoms with van der Waals surface area (Å²) in [6.45, 7) is 3.56. The lowest BCUT2D eigenvalue weighted by molar-refractivity contribution is -0.385. The van der Waals surface area contributed by atoms with Crippen LogP contribution in [-0.4, -0.2) is 19.8 Å². The van der Waals surface area contributed by atoms with Crippen LogP contribution in [0, 0.1) is 24.0 Å². The largest absolute Gasteiger partial charge is 0.337 e. The maximum Gasteiger partial charge on any atom is 0.285 e. The molecule has 0 aliphatic heterocycles. The van der Waals surface area contributed by atoms with Crippen molar-refractivity contribution in [1.29, 1.82) is 0 Å². The van der Waals surface area contributed by atoms with E-state index >= 15 is 0 Å². The number of benzene rings is 2. The van der Waals surface area contributed by atoms with Crippen molar-refractivity contribution >= 4 is 11.5 Å². The molecule has 4 rings (SSSR count). The molecule has 0 radical (unpaired) electrons. The average Bonchev–Trinajstić information content (AvgIpc) is 3.11. The lowest BCUT2D eigenvalue weighted by Gasteiger charge is -2.24. The van der Waals surface area contributed by atoms with Gasteiger partial charge in [-0.1, -0.05) is 60.7 Å². The molecular weight excluding hydrogens is 418 g/mol. The average molecular weight is 441 g/mol. The minimum absolute atomic E-state index is 0.130. The van der Waals surface area contributed by atoms with E-state index < -0.39 is 10.5 Å². The molecular formula is C26H23N3O4. The minimum Gasteiger partial charge on any atom is -0.337 e. The van der Waals surface area contributed by atoms with Crippen LogP contribution in [0.4, 0.5) is 5.69 Å². The Balaban J connectivity index is 1.76. The van der Waals surface area contributed by atoms with Crippen LogP contribution in [-0.2, 0) is 6.54 Å². The van der Waals surface area contributed by atoms with Crippen molar-refractivity contribution in [3.63, 3.8) is 0 Å². The first-order chi connectivity index (χ1) is 15.9. The van der Waals surface area contributed by atoms with Gasteiger partial charge >= 0.3 is 0 Å². The lowest BCUT2D eigenvalue weighted by atomic mass is 9.98. The van der Waals surface area contributed by atoms with E-state index in [1.165, 1.54) is 0 Å². The molecule has 2 aromatic heterocycles. The number of aryl methyl sites for hydroxylation is 1. The first kappa shape index (κ1) is 22.0. The van der Waals surface area contributed by atoms with E-state index in [1.807, 2.05) is 56.3 Å². The Hall–Kier alpha value is -4.26. The molecule has 0 bridgehead atoms. The summed E-state index contributed by atoms with van der Waals surface area (Å²) in [5, 5.41) is 11.1. The third-order valence-corrected chi connectivity index (χ3v) is 5.77. The third kappa shape index (κ3) is 4.39. The van der Waals surface area contributed by atoms with Crippen molar-refractivity contribution < 1.29 is 9.72 Å². The van der Waals surface area contributed by atoms with Crippen molar-refractivity contribution in [2.45, 2.75) is 26.4 Å². The topological polar surface area (TPSA) is 87.1 Å². The fourth-order valence-electron chi connectivity index (χ4n) is 4.21. The number of nitrogens with zero attached hydrogens (tertiary/aromatic N) is 3. The van der Waals surface area contributed by atoms with Crippen LogP contribution in [0.3, 0.4) is 0 Å². The monoisotopic (exact) mass is 441 g/mol. The Morgan fingerprint density at radius 3 is 2.06 bits per heavy atom. The maximum absolute atomic E-state index is 13.2. The number of Topliss-reactive ketones (excluding diaryl/α,β-unsaturated/α-hetero) is 1. The number of nitro groups is 1. The van der Waals surface area contributed by atoms with Crippen LogP contribution >= 0.6 is 0 Å². The molecule has 2 aromatic carbocycles. The van der Waals surface area contributed by atoms with Crippen molar-refractivity contribution in [3.05, 3.63) is 134 Å². The predicted octanol–water partition coefficient (Wildman–Crippen LogP) is 4.70. The molecule has 2 heterocycles. The van der Waals surface area contributed by atoms with Gasteiger partial charge in [0.25, 0.3) is 11.2 Å². The van der Waals surface area contributed by atoms with Crippen molar-refractivity contribution in [2.24, 2.45) is 0 Å². The second kappa shape index (κ2) is 9.08. The molecule has 7 nitrogen and oxygen atoms in total. The molecule has 4 aromatic rings. The van der Waals surface area contributed by atoms with E-state index in [9.17, 15) is 19.7 Å². The second-order valence-electron chi connectivity index (χ2n) is 7.91. The number of pyridine rings is 1. The minimum atomic E-state index is -0.587. The zero-order valence-electron chi connectivity index (χ0n) is 18.3. The van der Waals surface area contributed by atoms with E-state index in [-0.39, 0.29) is 24.1 Å². The first-order valence-corrected chi connectivity index (χ1v) is 10.5. The number of hydrogen-bond donors (Lipinski definition) is 0. The number of ketones is 1. The molecule has 0 saturated heterocycles. The fraction of sp³-hybridized carbons (Fsp3) is 0.154. The summed E-state index contributed by atoms with van der Waals surface area (Å²) in [6.07, 6.45) is 1.11. The van der Waals surface area contributed by atoms with Crippen LogP contribution in [0.15, 0.2) is 89.9 Å². The molecule has 0 N–H and O–H groups in total. The highest BCUT2D eigenvalue weighted by Gasteiger charge is 2.24. The van der Waals surface area contributed by atoms with Crippen molar-refractivity contribution in [1.82, 2.24) is 9.13 Å². The Kier molecular flexibility index (Phi) is 6.04. The molecule has 7 heteroatoms. The van der Waals surface area contributed by atoms with Gasteiger partial charge in [0.1, 0.15) is 0 Å². The van der Waals surface area contributed by atoms with Gasteiger partial charge in [0, 0.05) is 29.1 Å². The smallest absolute Gasteiger partial charge is 0.285 e. The fourth-order valence-corrected chi connectivity index (χ4v) is 4.21. The second-order valence-corrected chi connectivity index (χ2v) is 7.91. The van der Waals surface area contributed by atoms with E-state index in [0.29, 0.717) is 5.56 Å².